The van der Waals surface area contributed by atoms with Crippen LogP contribution in [0.2, 0.25) is 0 Å². The number of nitrogens with zero attached hydrogens (tertiary/aromatic N) is 1. The number of hydrogen-bond acceptors (Lipinski definition) is 5. The Morgan fingerprint density at radius 3 is 2.85 bits per heavy atom. The molecule has 0 spiro atoms. The largest absolute Gasteiger partial charge is 0.392 e. The number of anilines is 1. The van der Waals surface area contributed by atoms with E-state index in [4.69, 9.17) is 5.73 Å². The van der Waals surface area contributed by atoms with Gasteiger partial charge in [0.05, 0.1) is 21.7 Å². The topological polar surface area (TPSA) is 97.1 Å². The van der Waals surface area contributed by atoms with Gasteiger partial charge < -0.3 is 11.1 Å². The molecule has 2 aromatic rings. The maximum absolute atomic E-state index is 11.6. The molecule has 2 amide bonds. The number of amides is 2. The molecule has 6 nitrogen and oxygen atoms in total. The normalized spacial score (nSPS) is 10.2. The van der Waals surface area contributed by atoms with Crippen LogP contribution in [-0.2, 0) is 9.59 Å². The van der Waals surface area contributed by atoms with Gasteiger partial charge in [0.1, 0.15) is 0 Å². The minimum Gasteiger partial charge on any atom is -0.392 e. The summed E-state index contributed by atoms with van der Waals surface area (Å²) in [6.45, 7) is 1.96. The lowest BCUT2D eigenvalue weighted by molar-refractivity contribution is -0.135. The molecule has 0 fully saturated rings. The van der Waals surface area contributed by atoms with Crippen LogP contribution in [0.5, 0.6) is 0 Å². The summed E-state index contributed by atoms with van der Waals surface area (Å²) < 4.78 is 0.948. The quantitative estimate of drug-likeness (QED) is 0.579. The molecule has 0 bridgehead atoms. The summed E-state index contributed by atoms with van der Waals surface area (Å²) in [5.74, 6) is -1.59. The summed E-state index contributed by atoms with van der Waals surface area (Å²) >= 11 is 5.92. The Labute approximate surface area is 124 Å². The van der Waals surface area contributed by atoms with Crippen molar-refractivity contribution in [1.29, 1.82) is 0 Å². The highest BCUT2D eigenvalue weighted by Crippen LogP contribution is 2.26. The van der Waals surface area contributed by atoms with Gasteiger partial charge >= 0.3 is 11.8 Å². The van der Waals surface area contributed by atoms with Crippen molar-refractivity contribution >= 4 is 55.7 Å². The van der Waals surface area contributed by atoms with Crippen LogP contribution in [0, 0.1) is 6.92 Å². The number of aryl methyl sites for hydroxylation is 1. The number of carbonyl (C=O) groups is 2. The smallest absolute Gasteiger partial charge is 0.315 e. The van der Waals surface area contributed by atoms with Gasteiger partial charge in [0.25, 0.3) is 0 Å². The van der Waals surface area contributed by atoms with E-state index in [1.165, 1.54) is 11.3 Å². The predicted molar refractivity (Wildman–Crippen MR) is 82.8 cm³/mol. The second kappa shape index (κ2) is 5.93. The summed E-state index contributed by atoms with van der Waals surface area (Å²) in [6, 6.07) is 5.77. The highest BCUT2D eigenvalue weighted by Gasteiger charge is 2.15. The summed E-state index contributed by atoms with van der Waals surface area (Å²) in [6.07, 6.45) is 0. The number of nitrogens with one attached hydrogen (secondary N) is 2. The number of aromatic nitrogens is 1. The van der Waals surface area contributed by atoms with Gasteiger partial charge in [-0.25, -0.2) is 4.98 Å². The molecule has 20 heavy (non-hydrogen) atoms. The molecule has 2 rings (SSSR count). The molecule has 0 aliphatic rings. The van der Waals surface area contributed by atoms with Gasteiger partial charge in [-0.05, 0) is 24.6 Å². The first-order valence-corrected chi connectivity index (χ1v) is 6.93. The minimum atomic E-state index is -0.798. The van der Waals surface area contributed by atoms with E-state index in [1.54, 1.807) is 0 Å². The van der Waals surface area contributed by atoms with Crippen molar-refractivity contribution in [3.8, 4) is 0 Å². The third kappa shape index (κ3) is 3.49. The van der Waals surface area contributed by atoms with E-state index < -0.39 is 11.8 Å². The van der Waals surface area contributed by atoms with E-state index in [0.29, 0.717) is 5.13 Å². The van der Waals surface area contributed by atoms with Crippen LogP contribution in [0.15, 0.2) is 18.2 Å². The molecular formula is C12H12N4O2S2. The van der Waals surface area contributed by atoms with Crippen LogP contribution in [-0.4, -0.2) is 28.3 Å². The molecule has 4 N–H and O–H groups in total. The molecule has 0 unspecified atom stereocenters. The molecule has 0 aliphatic carbocycles. The highest BCUT2D eigenvalue weighted by molar-refractivity contribution is 7.80. The molecule has 1 aromatic heterocycles. The van der Waals surface area contributed by atoms with Crippen molar-refractivity contribution in [2.45, 2.75) is 6.92 Å². The van der Waals surface area contributed by atoms with E-state index >= 15 is 0 Å². The number of nitrogens with two attached hydrogens (primary N) is 1. The van der Waals surface area contributed by atoms with Gasteiger partial charge in [0.15, 0.2) is 5.13 Å². The van der Waals surface area contributed by atoms with Crippen LogP contribution >= 0.6 is 23.6 Å². The molecular weight excluding hydrogens is 296 g/mol. The molecule has 1 aromatic carbocycles. The van der Waals surface area contributed by atoms with Gasteiger partial charge in [-0.1, -0.05) is 29.6 Å². The number of hydrogen-bond donors (Lipinski definition) is 3. The third-order valence-electron chi connectivity index (χ3n) is 2.39. The first kappa shape index (κ1) is 14.4. The fourth-order valence-electron chi connectivity index (χ4n) is 1.49. The van der Waals surface area contributed by atoms with E-state index in [9.17, 15) is 9.59 Å². The van der Waals surface area contributed by atoms with Crippen LogP contribution in [0.4, 0.5) is 5.13 Å². The van der Waals surface area contributed by atoms with E-state index in [0.717, 1.165) is 15.8 Å². The highest BCUT2D eigenvalue weighted by atomic mass is 32.1. The molecule has 1 heterocycles. The van der Waals surface area contributed by atoms with Crippen LogP contribution < -0.4 is 16.4 Å². The zero-order valence-electron chi connectivity index (χ0n) is 10.6. The Morgan fingerprint density at radius 1 is 1.40 bits per heavy atom. The third-order valence-corrected chi connectivity index (χ3v) is 3.47. The Morgan fingerprint density at radius 2 is 2.15 bits per heavy atom. The zero-order chi connectivity index (χ0) is 14.7. The number of thiazole rings is 1. The predicted octanol–water partition coefficient (Wildman–Crippen LogP) is 0.946. The summed E-state index contributed by atoms with van der Waals surface area (Å²) in [4.78, 5) is 27.4. The van der Waals surface area contributed by atoms with Crippen molar-refractivity contribution in [2.75, 3.05) is 11.9 Å². The first-order valence-electron chi connectivity index (χ1n) is 5.70. The molecule has 0 saturated heterocycles. The Hall–Kier alpha value is -2.06. The zero-order valence-corrected chi connectivity index (χ0v) is 12.2. The van der Waals surface area contributed by atoms with Crippen molar-refractivity contribution in [1.82, 2.24) is 10.3 Å². The monoisotopic (exact) mass is 308 g/mol. The van der Waals surface area contributed by atoms with Gasteiger partial charge in [0, 0.05) is 0 Å². The summed E-state index contributed by atoms with van der Waals surface area (Å²) in [7, 11) is 0. The van der Waals surface area contributed by atoms with E-state index in [2.05, 4.69) is 27.8 Å². The van der Waals surface area contributed by atoms with Crippen molar-refractivity contribution in [3.05, 3.63) is 23.8 Å². The number of fused-ring (bicyclic) bond motifs is 1. The Bertz CT molecular complexity index is 696. The first-order chi connectivity index (χ1) is 9.45. The SMILES string of the molecule is Cc1ccc2nc(NC(=O)C(=O)NCC(N)=S)sc2c1. The van der Waals surface area contributed by atoms with Gasteiger partial charge in [-0.15, -0.1) is 0 Å². The molecule has 8 heteroatoms. The van der Waals surface area contributed by atoms with E-state index in [1.807, 2.05) is 25.1 Å². The molecule has 104 valence electrons. The van der Waals surface area contributed by atoms with Crippen LogP contribution in [0.1, 0.15) is 5.56 Å². The van der Waals surface area contributed by atoms with Crippen molar-refractivity contribution < 1.29 is 9.59 Å². The van der Waals surface area contributed by atoms with Gasteiger partial charge in [-0.2, -0.15) is 0 Å². The lowest BCUT2D eigenvalue weighted by Crippen LogP contribution is -2.39. The second-order valence-electron chi connectivity index (χ2n) is 4.09. The van der Waals surface area contributed by atoms with Crippen LogP contribution in [0.25, 0.3) is 10.2 Å². The lowest BCUT2D eigenvalue weighted by Gasteiger charge is -2.02. The standard InChI is InChI=1S/C12H12N4O2S2/c1-6-2-3-7-8(4-6)20-12(15-7)16-11(18)10(17)14-5-9(13)19/h2-4H,5H2,1H3,(H2,13,19)(H,14,17)(H,15,16,18). The summed E-state index contributed by atoms with van der Waals surface area (Å²) in [5, 5.41) is 5.13. The Balaban J connectivity index is 2.06. The van der Waals surface area contributed by atoms with Gasteiger partial charge in [-0.3, -0.25) is 14.9 Å². The number of rotatable bonds is 3. The summed E-state index contributed by atoms with van der Waals surface area (Å²) in [5.41, 5.74) is 7.12. The van der Waals surface area contributed by atoms with E-state index in [-0.39, 0.29) is 11.5 Å². The molecule has 0 aliphatic heterocycles. The molecule has 0 radical (unpaired) electrons. The minimum absolute atomic E-state index is 0.0133. The molecule has 0 saturated carbocycles. The number of carbonyl (C=O) groups excluding carboxylic acids is 2. The second-order valence-corrected chi connectivity index (χ2v) is 5.65. The van der Waals surface area contributed by atoms with Crippen molar-refractivity contribution in [3.63, 3.8) is 0 Å². The fraction of sp³-hybridized carbons (Fsp3) is 0.167. The molecule has 0 atom stereocenters. The lowest BCUT2D eigenvalue weighted by atomic mass is 10.2. The number of benzene rings is 1. The van der Waals surface area contributed by atoms with Crippen LogP contribution in [0.3, 0.4) is 0 Å². The average molecular weight is 308 g/mol. The Kier molecular flexibility index (Phi) is 4.26. The van der Waals surface area contributed by atoms with Gasteiger partial charge in [0.2, 0.25) is 0 Å². The fourth-order valence-corrected chi connectivity index (χ4v) is 2.52. The van der Waals surface area contributed by atoms with Crippen molar-refractivity contribution in [2.24, 2.45) is 5.73 Å². The maximum atomic E-state index is 11.6. The average Bonchev–Trinajstić information content (AvgIpc) is 2.76. The number of thiocarbonyl (C=S) groups is 1. The maximum Gasteiger partial charge on any atom is 0.315 e.